The average molecular weight is 376 g/mol. The number of amides is 1. The van der Waals surface area contributed by atoms with Gasteiger partial charge in [0, 0.05) is 41.5 Å². The second kappa shape index (κ2) is 7.98. The topological polar surface area (TPSA) is 83.9 Å². The molecule has 1 amide bonds. The Balaban J connectivity index is 1.49. The number of aromatic nitrogens is 4. The van der Waals surface area contributed by atoms with Crippen molar-refractivity contribution in [3.8, 4) is 11.3 Å². The highest BCUT2D eigenvalue weighted by atomic mass is 16.1. The number of nitrogens with zero attached hydrogens (tertiary/aromatic N) is 5. The maximum Gasteiger partial charge on any atom is 0.228 e. The molecule has 0 spiro atoms. The van der Waals surface area contributed by atoms with Crippen LogP contribution in [0, 0.1) is 5.92 Å². The highest BCUT2D eigenvalue weighted by molar-refractivity contribution is 5.94. The van der Waals surface area contributed by atoms with E-state index in [4.69, 9.17) is 0 Å². The molecule has 28 heavy (non-hydrogen) atoms. The van der Waals surface area contributed by atoms with Crippen LogP contribution in [0.4, 0.5) is 5.82 Å². The van der Waals surface area contributed by atoms with E-state index in [2.05, 4.69) is 44.2 Å². The molecule has 1 aliphatic carbocycles. The van der Waals surface area contributed by atoms with Crippen LogP contribution in [0.25, 0.3) is 22.2 Å². The highest BCUT2D eigenvalue weighted by Crippen LogP contribution is 2.28. The Kier molecular flexibility index (Phi) is 5.25. The lowest BCUT2D eigenvalue weighted by molar-refractivity contribution is -0.121. The molecular formula is C21H24N6O. The van der Waals surface area contributed by atoms with Gasteiger partial charge in [0.1, 0.15) is 5.82 Å². The Morgan fingerprint density at radius 3 is 2.54 bits per heavy atom. The zero-order valence-electron chi connectivity index (χ0n) is 16.2. The summed E-state index contributed by atoms with van der Waals surface area (Å²) in [5.41, 5.74) is 2.42. The summed E-state index contributed by atoms with van der Waals surface area (Å²) in [4.78, 5) is 32.1. The molecule has 0 bridgehead atoms. The Morgan fingerprint density at radius 1 is 1.00 bits per heavy atom. The van der Waals surface area contributed by atoms with Gasteiger partial charge in [0.15, 0.2) is 0 Å². The molecule has 0 unspecified atom stereocenters. The van der Waals surface area contributed by atoms with Crippen molar-refractivity contribution in [1.82, 2.24) is 24.8 Å². The molecule has 0 saturated heterocycles. The fourth-order valence-electron chi connectivity index (χ4n) is 3.77. The monoisotopic (exact) mass is 376 g/mol. The Hall–Kier alpha value is -2.93. The predicted molar refractivity (Wildman–Crippen MR) is 109 cm³/mol. The highest BCUT2D eigenvalue weighted by Gasteiger charge is 2.27. The Morgan fingerprint density at radius 2 is 1.82 bits per heavy atom. The van der Waals surface area contributed by atoms with Crippen molar-refractivity contribution in [3.63, 3.8) is 0 Å². The van der Waals surface area contributed by atoms with Gasteiger partial charge in [-0.2, -0.15) is 0 Å². The number of carbonyl (C=O) groups is 1. The number of anilines is 1. The third-order valence-electron chi connectivity index (χ3n) is 5.48. The van der Waals surface area contributed by atoms with Gasteiger partial charge in [0.05, 0.1) is 23.6 Å². The van der Waals surface area contributed by atoms with Crippen molar-refractivity contribution in [2.24, 2.45) is 5.92 Å². The van der Waals surface area contributed by atoms with Crippen LogP contribution in [-0.4, -0.2) is 50.9 Å². The van der Waals surface area contributed by atoms with Crippen molar-refractivity contribution in [2.45, 2.75) is 31.7 Å². The van der Waals surface area contributed by atoms with Gasteiger partial charge in [0.2, 0.25) is 5.91 Å². The Bertz CT molecular complexity index is 967. The van der Waals surface area contributed by atoms with E-state index in [1.54, 1.807) is 31.0 Å². The van der Waals surface area contributed by atoms with Crippen LogP contribution >= 0.6 is 0 Å². The SMILES string of the molecule is CN(C)[C@H]1CC[C@H](C(=O)Nc2cc3cc(-c4cnccn4)cnc3cn2)CC1. The molecule has 4 rings (SSSR count). The second-order valence-electron chi connectivity index (χ2n) is 7.54. The van der Waals surface area contributed by atoms with Gasteiger partial charge in [-0.1, -0.05) is 0 Å². The molecule has 0 radical (unpaired) electrons. The molecule has 144 valence electrons. The number of fused-ring (bicyclic) bond motifs is 1. The number of pyridine rings is 2. The second-order valence-corrected chi connectivity index (χ2v) is 7.54. The molecule has 0 aromatic carbocycles. The van der Waals surface area contributed by atoms with E-state index in [0.717, 1.165) is 47.8 Å². The van der Waals surface area contributed by atoms with E-state index >= 15 is 0 Å². The van der Waals surface area contributed by atoms with Crippen molar-refractivity contribution in [3.05, 3.63) is 43.1 Å². The van der Waals surface area contributed by atoms with Crippen molar-refractivity contribution >= 4 is 22.6 Å². The lowest BCUT2D eigenvalue weighted by Gasteiger charge is -2.31. The summed E-state index contributed by atoms with van der Waals surface area (Å²) >= 11 is 0. The smallest absolute Gasteiger partial charge is 0.228 e. The molecule has 0 aliphatic heterocycles. The third kappa shape index (κ3) is 3.99. The van der Waals surface area contributed by atoms with E-state index in [1.807, 2.05) is 12.1 Å². The number of hydrogen-bond acceptors (Lipinski definition) is 6. The van der Waals surface area contributed by atoms with Gasteiger partial charge in [-0.3, -0.25) is 19.7 Å². The molecule has 7 nitrogen and oxygen atoms in total. The largest absolute Gasteiger partial charge is 0.310 e. The maximum absolute atomic E-state index is 12.7. The fourth-order valence-corrected chi connectivity index (χ4v) is 3.77. The fraction of sp³-hybridized carbons (Fsp3) is 0.381. The molecule has 0 atom stereocenters. The first-order valence-electron chi connectivity index (χ1n) is 9.59. The number of hydrogen-bond donors (Lipinski definition) is 1. The molecule has 1 N–H and O–H groups in total. The summed E-state index contributed by atoms with van der Waals surface area (Å²) in [6.45, 7) is 0. The van der Waals surface area contributed by atoms with Gasteiger partial charge in [-0.15, -0.1) is 0 Å². The first-order valence-corrected chi connectivity index (χ1v) is 9.59. The van der Waals surface area contributed by atoms with Crippen molar-refractivity contribution in [2.75, 3.05) is 19.4 Å². The summed E-state index contributed by atoms with van der Waals surface area (Å²) in [5, 5.41) is 3.89. The van der Waals surface area contributed by atoms with E-state index in [9.17, 15) is 4.79 Å². The number of rotatable bonds is 4. The summed E-state index contributed by atoms with van der Waals surface area (Å²) in [6.07, 6.45) is 12.4. The minimum absolute atomic E-state index is 0.0535. The molecule has 1 aliphatic rings. The van der Waals surface area contributed by atoms with Crippen LogP contribution in [0.1, 0.15) is 25.7 Å². The van der Waals surface area contributed by atoms with E-state index < -0.39 is 0 Å². The summed E-state index contributed by atoms with van der Waals surface area (Å²) in [6, 6.07) is 4.44. The molecule has 3 heterocycles. The molecule has 3 aromatic rings. The zero-order valence-corrected chi connectivity index (χ0v) is 16.2. The van der Waals surface area contributed by atoms with Gasteiger partial charge >= 0.3 is 0 Å². The van der Waals surface area contributed by atoms with Crippen LogP contribution in [0.3, 0.4) is 0 Å². The van der Waals surface area contributed by atoms with Crippen LogP contribution in [0.15, 0.2) is 43.1 Å². The summed E-state index contributed by atoms with van der Waals surface area (Å²) in [7, 11) is 4.21. The van der Waals surface area contributed by atoms with E-state index in [-0.39, 0.29) is 11.8 Å². The minimum Gasteiger partial charge on any atom is -0.310 e. The maximum atomic E-state index is 12.7. The molecule has 1 fully saturated rings. The Labute approximate surface area is 164 Å². The van der Waals surface area contributed by atoms with Crippen LogP contribution in [-0.2, 0) is 4.79 Å². The van der Waals surface area contributed by atoms with Crippen molar-refractivity contribution in [1.29, 1.82) is 0 Å². The van der Waals surface area contributed by atoms with Gasteiger partial charge < -0.3 is 10.2 Å². The standard InChI is InChI=1S/C21H24N6O/c1-27(2)17-5-3-14(4-6-17)21(28)26-20-10-15-9-16(11-24-19(15)13-25-20)18-12-22-7-8-23-18/h7-14,17H,3-6H2,1-2H3,(H,25,26,28)/t14-,17-. The summed E-state index contributed by atoms with van der Waals surface area (Å²) < 4.78 is 0. The third-order valence-corrected chi connectivity index (χ3v) is 5.48. The first kappa shape index (κ1) is 18.4. The van der Waals surface area contributed by atoms with Crippen LogP contribution in [0.5, 0.6) is 0 Å². The average Bonchev–Trinajstić information content (AvgIpc) is 2.74. The summed E-state index contributed by atoms with van der Waals surface area (Å²) in [5.74, 6) is 0.671. The predicted octanol–water partition coefficient (Wildman–Crippen LogP) is 3.15. The van der Waals surface area contributed by atoms with Crippen LogP contribution < -0.4 is 5.32 Å². The number of carbonyl (C=O) groups excluding carboxylic acids is 1. The molecule has 3 aromatic heterocycles. The number of nitrogens with one attached hydrogen (secondary N) is 1. The zero-order chi connectivity index (χ0) is 19.5. The molecule has 1 saturated carbocycles. The molecular weight excluding hydrogens is 352 g/mol. The lowest BCUT2D eigenvalue weighted by atomic mass is 9.85. The van der Waals surface area contributed by atoms with Gasteiger partial charge in [-0.05, 0) is 51.9 Å². The normalized spacial score (nSPS) is 19.7. The van der Waals surface area contributed by atoms with Crippen molar-refractivity contribution < 1.29 is 4.79 Å². The van der Waals surface area contributed by atoms with E-state index in [1.165, 1.54) is 0 Å². The molecule has 7 heteroatoms. The van der Waals surface area contributed by atoms with E-state index in [0.29, 0.717) is 11.9 Å². The van der Waals surface area contributed by atoms with Crippen LogP contribution in [0.2, 0.25) is 0 Å². The quantitative estimate of drug-likeness (QED) is 0.753. The lowest BCUT2D eigenvalue weighted by Crippen LogP contribution is -2.35. The first-order chi connectivity index (χ1) is 13.6. The van der Waals surface area contributed by atoms with Gasteiger partial charge in [0.25, 0.3) is 0 Å². The minimum atomic E-state index is 0.0535. The van der Waals surface area contributed by atoms with Gasteiger partial charge in [-0.25, -0.2) is 4.98 Å².